The van der Waals surface area contributed by atoms with Crippen LogP contribution in [0, 0.1) is 0 Å². The molecule has 1 N–H and O–H groups in total. The minimum Gasteiger partial charge on any atom is -0.423 e. The first-order chi connectivity index (χ1) is 10.5. The van der Waals surface area contributed by atoms with Gasteiger partial charge in [0, 0.05) is 26.6 Å². The topological polar surface area (TPSA) is 68.0 Å². The lowest BCUT2D eigenvalue weighted by Crippen LogP contribution is -2.21. The zero-order valence-electron chi connectivity index (χ0n) is 11.2. The average molecular weight is 399 g/mol. The largest absolute Gasteiger partial charge is 0.423 e. The van der Waals surface area contributed by atoms with Crippen LogP contribution in [0.1, 0.15) is 0 Å². The van der Waals surface area contributed by atoms with E-state index in [9.17, 15) is 10.0 Å². The molecule has 0 aliphatic carbocycles. The summed E-state index contributed by atoms with van der Waals surface area (Å²) >= 11 is 10.8. The Balaban J connectivity index is 2.32. The lowest BCUT2D eigenvalue weighted by Gasteiger charge is -2.09. The predicted octanol–water partition coefficient (Wildman–Crippen LogP) is 3.83. The van der Waals surface area contributed by atoms with Crippen molar-refractivity contribution in [3.63, 3.8) is 0 Å². The molecule has 0 atom stereocenters. The van der Waals surface area contributed by atoms with E-state index in [4.69, 9.17) is 11.6 Å². The number of hydrogen-bond acceptors (Lipinski definition) is 5. The molecule has 0 amide bonds. The molecule has 5 nitrogen and oxygen atoms in total. The SMILES string of the molecule is CSc1ncc2cc(-c3ccc(Br)cc3Cl)c(=O)n(O)c2n1. The number of hydrogen-bond donors (Lipinski definition) is 1. The molecule has 3 rings (SSSR count). The van der Waals surface area contributed by atoms with Crippen LogP contribution in [0.25, 0.3) is 22.2 Å². The highest BCUT2D eigenvalue weighted by molar-refractivity contribution is 9.10. The second-order valence-corrected chi connectivity index (χ2v) is 6.53. The lowest BCUT2D eigenvalue weighted by molar-refractivity contribution is 0.187. The molecule has 0 unspecified atom stereocenters. The van der Waals surface area contributed by atoms with E-state index < -0.39 is 5.56 Å². The molecule has 0 fully saturated rings. The normalized spacial score (nSPS) is 11.0. The van der Waals surface area contributed by atoms with Gasteiger partial charge < -0.3 is 5.21 Å². The van der Waals surface area contributed by atoms with Crippen LogP contribution in [0.5, 0.6) is 0 Å². The summed E-state index contributed by atoms with van der Waals surface area (Å²) in [4.78, 5) is 20.7. The van der Waals surface area contributed by atoms with Gasteiger partial charge in [0.05, 0.1) is 5.56 Å². The van der Waals surface area contributed by atoms with Crippen molar-refractivity contribution >= 4 is 50.3 Å². The number of benzene rings is 1. The van der Waals surface area contributed by atoms with Gasteiger partial charge in [0.15, 0.2) is 10.8 Å². The maximum Gasteiger partial charge on any atom is 0.292 e. The maximum atomic E-state index is 12.4. The van der Waals surface area contributed by atoms with Gasteiger partial charge in [0.25, 0.3) is 5.56 Å². The quantitative estimate of drug-likeness (QED) is 0.404. The Morgan fingerprint density at radius 1 is 1.32 bits per heavy atom. The minimum atomic E-state index is -0.581. The molecule has 8 heteroatoms. The first-order valence-corrected chi connectivity index (χ1v) is 8.52. The lowest BCUT2D eigenvalue weighted by atomic mass is 10.1. The summed E-state index contributed by atoms with van der Waals surface area (Å²) in [6.45, 7) is 0. The average Bonchev–Trinajstić information content (AvgIpc) is 2.51. The summed E-state index contributed by atoms with van der Waals surface area (Å²) in [5.74, 6) is 0. The van der Waals surface area contributed by atoms with Gasteiger partial charge in [-0.1, -0.05) is 45.4 Å². The second-order valence-electron chi connectivity index (χ2n) is 4.43. The van der Waals surface area contributed by atoms with Gasteiger partial charge in [0.1, 0.15) is 0 Å². The Morgan fingerprint density at radius 2 is 2.09 bits per heavy atom. The van der Waals surface area contributed by atoms with Gasteiger partial charge >= 0.3 is 0 Å². The van der Waals surface area contributed by atoms with E-state index in [0.717, 1.165) is 4.47 Å². The number of fused-ring (bicyclic) bond motifs is 1. The second kappa shape index (κ2) is 5.91. The number of rotatable bonds is 2. The zero-order valence-corrected chi connectivity index (χ0v) is 14.4. The van der Waals surface area contributed by atoms with Crippen molar-refractivity contribution in [1.82, 2.24) is 14.7 Å². The van der Waals surface area contributed by atoms with Crippen LogP contribution in [0.3, 0.4) is 0 Å². The molecule has 2 aromatic heterocycles. The molecule has 0 aliphatic rings. The Kier molecular flexibility index (Phi) is 4.12. The predicted molar refractivity (Wildman–Crippen MR) is 90.9 cm³/mol. The van der Waals surface area contributed by atoms with Crippen LogP contribution in [0.15, 0.2) is 44.9 Å². The third-order valence-corrected chi connectivity index (χ3v) is 4.47. The zero-order chi connectivity index (χ0) is 15.9. The Bertz CT molecular complexity index is 945. The Morgan fingerprint density at radius 3 is 2.77 bits per heavy atom. The highest BCUT2D eigenvalue weighted by Gasteiger charge is 2.15. The molecular weight excluding hydrogens is 390 g/mol. The van der Waals surface area contributed by atoms with Crippen molar-refractivity contribution in [3.05, 3.63) is 50.3 Å². The van der Waals surface area contributed by atoms with Gasteiger partial charge in [-0.2, -0.15) is 0 Å². The molecule has 2 heterocycles. The highest BCUT2D eigenvalue weighted by Crippen LogP contribution is 2.29. The van der Waals surface area contributed by atoms with Gasteiger partial charge in [-0.25, -0.2) is 9.97 Å². The van der Waals surface area contributed by atoms with Crippen molar-refractivity contribution in [1.29, 1.82) is 0 Å². The third-order valence-electron chi connectivity index (χ3n) is 3.10. The summed E-state index contributed by atoms with van der Waals surface area (Å²) in [5, 5.41) is 11.6. The molecule has 3 aromatic rings. The summed E-state index contributed by atoms with van der Waals surface area (Å²) in [6, 6.07) is 6.81. The minimum absolute atomic E-state index is 0.168. The van der Waals surface area contributed by atoms with E-state index in [1.165, 1.54) is 11.8 Å². The molecule has 112 valence electrons. The van der Waals surface area contributed by atoms with E-state index in [2.05, 4.69) is 25.9 Å². The fourth-order valence-electron chi connectivity index (χ4n) is 2.06. The molecule has 22 heavy (non-hydrogen) atoms. The maximum absolute atomic E-state index is 12.4. The van der Waals surface area contributed by atoms with Crippen LogP contribution in [0.2, 0.25) is 5.02 Å². The van der Waals surface area contributed by atoms with E-state index in [1.54, 1.807) is 30.5 Å². The highest BCUT2D eigenvalue weighted by atomic mass is 79.9. The van der Waals surface area contributed by atoms with Gasteiger partial charge in [-0.15, -0.1) is 4.73 Å². The van der Waals surface area contributed by atoms with E-state index in [1.807, 2.05) is 6.26 Å². The van der Waals surface area contributed by atoms with Crippen molar-refractivity contribution in [2.75, 3.05) is 6.26 Å². The van der Waals surface area contributed by atoms with E-state index in [0.29, 0.717) is 25.9 Å². The fraction of sp³-hybridized carbons (Fsp3) is 0.0714. The van der Waals surface area contributed by atoms with Crippen molar-refractivity contribution in [3.8, 4) is 11.1 Å². The summed E-state index contributed by atoms with van der Waals surface area (Å²) in [6.07, 6.45) is 3.38. The number of pyridine rings is 1. The van der Waals surface area contributed by atoms with E-state index in [-0.39, 0.29) is 11.2 Å². The first-order valence-electron chi connectivity index (χ1n) is 6.12. The van der Waals surface area contributed by atoms with Crippen LogP contribution in [0.4, 0.5) is 0 Å². The fourth-order valence-corrected chi connectivity index (χ4v) is 3.18. The van der Waals surface area contributed by atoms with Crippen molar-refractivity contribution in [2.45, 2.75) is 5.16 Å². The molecule has 0 saturated heterocycles. The standard InChI is InChI=1S/C14H9BrClN3O2S/c1-22-14-17-6-7-4-10(13(20)19(21)12(7)18-14)9-3-2-8(15)5-11(9)16/h2-6,21H,1H3. The molecule has 1 aromatic carbocycles. The number of thioether (sulfide) groups is 1. The summed E-state index contributed by atoms with van der Waals surface area (Å²) in [7, 11) is 0. The molecule has 0 spiro atoms. The third kappa shape index (κ3) is 2.60. The van der Waals surface area contributed by atoms with Crippen LogP contribution < -0.4 is 5.56 Å². The van der Waals surface area contributed by atoms with Gasteiger partial charge in [-0.05, 0) is 24.5 Å². The van der Waals surface area contributed by atoms with Crippen LogP contribution in [-0.2, 0) is 0 Å². The molecule has 0 saturated carbocycles. The monoisotopic (exact) mass is 397 g/mol. The van der Waals surface area contributed by atoms with Crippen LogP contribution in [-0.4, -0.2) is 26.2 Å². The van der Waals surface area contributed by atoms with Crippen molar-refractivity contribution in [2.24, 2.45) is 0 Å². The van der Waals surface area contributed by atoms with Crippen molar-refractivity contribution < 1.29 is 5.21 Å². The molecule has 0 aliphatic heterocycles. The first kappa shape index (κ1) is 15.3. The van der Waals surface area contributed by atoms with Gasteiger partial charge in [-0.3, -0.25) is 4.79 Å². The molecule has 0 radical (unpaired) electrons. The molecule has 0 bridgehead atoms. The Labute approximate surface area is 143 Å². The smallest absolute Gasteiger partial charge is 0.292 e. The number of aromatic nitrogens is 3. The van der Waals surface area contributed by atoms with Crippen LogP contribution >= 0.6 is 39.3 Å². The Hall–Kier alpha value is -1.57. The summed E-state index contributed by atoms with van der Waals surface area (Å²) < 4.78 is 1.34. The van der Waals surface area contributed by atoms with Gasteiger partial charge in [0.2, 0.25) is 0 Å². The summed E-state index contributed by atoms with van der Waals surface area (Å²) in [5.41, 5.74) is 0.408. The molecular formula is C14H9BrClN3O2S. The number of nitrogens with zero attached hydrogens (tertiary/aromatic N) is 3. The van der Waals surface area contributed by atoms with E-state index >= 15 is 0 Å². The number of halogens is 2.